The van der Waals surface area contributed by atoms with Gasteiger partial charge >= 0.3 is 0 Å². The lowest BCUT2D eigenvalue weighted by Crippen LogP contribution is -2.16. The van der Waals surface area contributed by atoms with Gasteiger partial charge in [0.25, 0.3) is 0 Å². The van der Waals surface area contributed by atoms with Gasteiger partial charge in [-0.1, -0.05) is 24.3 Å². The van der Waals surface area contributed by atoms with Gasteiger partial charge in [0.15, 0.2) is 5.65 Å². The first-order chi connectivity index (χ1) is 10.1. The number of hydrogen-bond acceptors (Lipinski definition) is 3. The topological polar surface area (TPSA) is 49.7 Å². The molecule has 0 aliphatic rings. The molecule has 1 unspecified atom stereocenters. The Labute approximate surface area is 124 Å². The number of H-pyrrole nitrogens is 1. The normalized spacial score (nSPS) is 13.2. The molecule has 21 heavy (non-hydrogen) atoms. The predicted octanol–water partition coefficient (Wildman–Crippen LogP) is 3.07. The molecule has 0 aliphatic carbocycles. The number of aromatic nitrogens is 4. The third kappa shape index (κ3) is 2.45. The highest BCUT2D eigenvalue weighted by atomic mass is 15.3. The molecule has 3 rings (SSSR count). The van der Waals surface area contributed by atoms with Crippen LogP contribution in [0.3, 0.4) is 0 Å². The minimum atomic E-state index is 0.406. The van der Waals surface area contributed by atoms with E-state index < -0.39 is 0 Å². The molecule has 0 spiro atoms. The van der Waals surface area contributed by atoms with Crippen molar-refractivity contribution in [2.45, 2.75) is 26.4 Å². The average molecular weight is 283 g/mol. The summed E-state index contributed by atoms with van der Waals surface area (Å²) in [6, 6.07) is 8.98. The largest absolute Gasteiger partial charge is 0.335 e. The van der Waals surface area contributed by atoms with Gasteiger partial charge in [-0.3, -0.25) is 0 Å². The molecule has 1 aromatic carbocycles. The number of imidazole rings is 1. The second-order valence-electron chi connectivity index (χ2n) is 5.54. The summed E-state index contributed by atoms with van der Waals surface area (Å²) in [5.74, 6) is 0.897. The van der Waals surface area contributed by atoms with Crippen molar-refractivity contribution in [2.24, 2.45) is 0 Å². The summed E-state index contributed by atoms with van der Waals surface area (Å²) in [6.45, 7) is 5.09. The number of rotatable bonds is 4. The van der Waals surface area contributed by atoms with Gasteiger partial charge in [0.1, 0.15) is 11.3 Å². The Bertz CT molecular complexity index is 736. The summed E-state index contributed by atoms with van der Waals surface area (Å²) in [4.78, 5) is 10.2. The van der Waals surface area contributed by atoms with E-state index in [1.807, 2.05) is 10.9 Å². The van der Waals surface area contributed by atoms with E-state index in [2.05, 4.69) is 72.2 Å². The lowest BCUT2D eigenvalue weighted by atomic mass is 10.1. The molecule has 0 fully saturated rings. The van der Waals surface area contributed by atoms with Crippen molar-refractivity contribution in [1.82, 2.24) is 24.6 Å². The summed E-state index contributed by atoms with van der Waals surface area (Å²) in [5.41, 5.74) is 4.30. The number of aromatic amines is 1. The fraction of sp³-hybridized carbons (Fsp3) is 0.375. The molecule has 0 radical (unpaired) electrons. The summed E-state index contributed by atoms with van der Waals surface area (Å²) < 4.78 is 1.90. The van der Waals surface area contributed by atoms with Crippen LogP contribution in [-0.4, -0.2) is 38.7 Å². The first-order valence-electron chi connectivity index (χ1n) is 7.28. The van der Waals surface area contributed by atoms with Gasteiger partial charge in [-0.25, -0.2) is 9.67 Å². The monoisotopic (exact) mass is 283 g/mol. The van der Waals surface area contributed by atoms with Crippen LogP contribution in [0, 0.1) is 0 Å². The summed E-state index contributed by atoms with van der Waals surface area (Å²) in [6.07, 6.45) is 1.83. The number of hydrogen-bond donors (Lipinski definition) is 1. The smallest absolute Gasteiger partial charge is 0.176 e. The van der Waals surface area contributed by atoms with Gasteiger partial charge in [0, 0.05) is 18.2 Å². The van der Waals surface area contributed by atoms with Crippen molar-refractivity contribution in [3.8, 4) is 11.4 Å². The minimum absolute atomic E-state index is 0.406. The highest BCUT2D eigenvalue weighted by Gasteiger charge is 2.11. The zero-order valence-electron chi connectivity index (χ0n) is 13.0. The Balaban J connectivity index is 1.93. The molecule has 5 nitrogen and oxygen atoms in total. The summed E-state index contributed by atoms with van der Waals surface area (Å²) in [7, 11) is 4.18. The maximum atomic E-state index is 4.66. The highest BCUT2D eigenvalue weighted by molar-refractivity contribution is 5.75. The van der Waals surface area contributed by atoms with Crippen LogP contribution < -0.4 is 0 Å². The molecule has 110 valence electrons. The number of aryl methyl sites for hydroxylation is 1. The quantitative estimate of drug-likeness (QED) is 0.800. The van der Waals surface area contributed by atoms with Crippen LogP contribution in [0.5, 0.6) is 0 Å². The van der Waals surface area contributed by atoms with Crippen LogP contribution in [0.1, 0.15) is 25.5 Å². The SMILES string of the molecule is CCn1ncc2[nH]c(-c3ccc(C(C)N(C)C)cc3)nc21. The molecule has 1 N–H and O–H groups in total. The summed E-state index contributed by atoms with van der Waals surface area (Å²) >= 11 is 0. The van der Waals surface area contributed by atoms with Gasteiger partial charge in [0.2, 0.25) is 0 Å². The molecule has 5 heteroatoms. The summed E-state index contributed by atoms with van der Waals surface area (Å²) in [5, 5.41) is 4.28. The van der Waals surface area contributed by atoms with Crippen LogP contribution in [0.4, 0.5) is 0 Å². The van der Waals surface area contributed by atoms with Crippen LogP contribution in [0.15, 0.2) is 30.5 Å². The second-order valence-corrected chi connectivity index (χ2v) is 5.54. The first-order valence-corrected chi connectivity index (χ1v) is 7.28. The van der Waals surface area contributed by atoms with Crippen molar-refractivity contribution in [1.29, 1.82) is 0 Å². The second kappa shape index (κ2) is 5.33. The Morgan fingerprint density at radius 1 is 1.24 bits per heavy atom. The molecule has 1 atom stereocenters. The highest BCUT2D eigenvalue weighted by Crippen LogP contribution is 2.23. The third-order valence-electron chi connectivity index (χ3n) is 4.02. The fourth-order valence-electron chi connectivity index (χ4n) is 2.43. The van der Waals surface area contributed by atoms with Crippen LogP contribution in [0.2, 0.25) is 0 Å². The predicted molar refractivity (Wildman–Crippen MR) is 85.1 cm³/mol. The van der Waals surface area contributed by atoms with Crippen molar-refractivity contribution in [3.05, 3.63) is 36.0 Å². The number of benzene rings is 1. The van der Waals surface area contributed by atoms with Gasteiger partial charge in [-0.15, -0.1) is 0 Å². The van der Waals surface area contributed by atoms with E-state index in [1.54, 1.807) is 0 Å². The molecule has 0 amide bonds. The molecule has 2 heterocycles. The Morgan fingerprint density at radius 3 is 2.57 bits per heavy atom. The fourth-order valence-corrected chi connectivity index (χ4v) is 2.43. The van der Waals surface area contributed by atoms with Crippen molar-refractivity contribution in [3.63, 3.8) is 0 Å². The first kappa shape index (κ1) is 13.8. The number of nitrogens with zero attached hydrogens (tertiary/aromatic N) is 4. The van der Waals surface area contributed by atoms with Gasteiger partial charge in [-0.05, 0) is 33.5 Å². The van der Waals surface area contributed by atoms with Gasteiger partial charge < -0.3 is 9.88 Å². The Hall–Kier alpha value is -2.14. The minimum Gasteiger partial charge on any atom is -0.335 e. The lowest BCUT2D eigenvalue weighted by Gasteiger charge is -2.20. The Kier molecular flexibility index (Phi) is 3.51. The maximum absolute atomic E-state index is 4.66. The maximum Gasteiger partial charge on any atom is 0.176 e. The lowest BCUT2D eigenvalue weighted by molar-refractivity contribution is 0.321. The standard InChI is InChI=1S/C16H21N5/c1-5-21-16-14(10-17-21)18-15(19-16)13-8-6-12(7-9-13)11(2)20(3)4/h6-11H,5H2,1-4H3,(H,18,19). The van der Waals surface area contributed by atoms with Crippen molar-refractivity contribution in [2.75, 3.05) is 14.1 Å². The van der Waals surface area contributed by atoms with E-state index in [9.17, 15) is 0 Å². The van der Waals surface area contributed by atoms with E-state index in [0.29, 0.717) is 6.04 Å². The zero-order valence-corrected chi connectivity index (χ0v) is 13.0. The van der Waals surface area contributed by atoms with Crippen LogP contribution in [0.25, 0.3) is 22.6 Å². The van der Waals surface area contributed by atoms with Gasteiger partial charge in [-0.2, -0.15) is 5.10 Å². The van der Waals surface area contributed by atoms with E-state index in [-0.39, 0.29) is 0 Å². The molecule has 2 aromatic heterocycles. The average Bonchev–Trinajstić information content (AvgIpc) is 3.06. The van der Waals surface area contributed by atoms with E-state index in [0.717, 1.165) is 29.1 Å². The van der Waals surface area contributed by atoms with E-state index in [4.69, 9.17) is 0 Å². The molecule has 0 aliphatic heterocycles. The third-order valence-corrected chi connectivity index (χ3v) is 4.02. The van der Waals surface area contributed by atoms with Crippen molar-refractivity contribution >= 4 is 11.2 Å². The van der Waals surface area contributed by atoms with E-state index in [1.165, 1.54) is 5.56 Å². The number of nitrogens with one attached hydrogen (secondary N) is 1. The van der Waals surface area contributed by atoms with Gasteiger partial charge in [0.05, 0.1) is 6.20 Å². The van der Waals surface area contributed by atoms with Crippen LogP contribution >= 0.6 is 0 Å². The van der Waals surface area contributed by atoms with Crippen molar-refractivity contribution < 1.29 is 0 Å². The van der Waals surface area contributed by atoms with E-state index >= 15 is 0 Å². The molecule has 3 aromatic rings. The molecular weight excluding hydrogens is 262 g/mol. The molecule has 0 saturated carbocycles. The van der Waals surface area contributed by atoms with Crippen LogP contribution in [-0.2, 0) is 6.54 Å². The number of fused-ring (bicyclic) bond motifs is 1. The molecular formula is C16H21N5. The zero-order chi connectivity index (χ0) is 15.0. The molecule has 0 saturated heterocycles. The Morgan fingerprint density at radius 2 is 1.95 bits per heavy atom. The molecule has 0 bridgehead atoms.